The van der Waals surface area contributed by atoms with E-state index >= 15 is 0 Å². The number of benzene rings is 3. The van der Waals surface area contributed by atoms with Crippen molar-refractivity contribution in [3.8, 4) is 39.9 Å². The van der Waals surface area contributed by atoms with Gasteiger partial charge < -0.3 is 23.7 Å². The lowest BCUT2D eigenvalue weighted by Crippen LogP contribution is -2.11. The van der Waals surface area contributed by atoms with E-state index in [2.05, 4.69) is 13.2 Å². The van der Waals surface area contributed by atoms with Crippen molar-refractivity contribution in [1.29, 1.82) is 0 Å². The van der Waals surface area contributed by atoms with Gasteiger partial charge in [-0.15, -0.1) is 0 Å². The van der Waals surface area contributed by atoms with Gasteiger partial charge in [-0.3, -0.25) is 0 Å². The molecule has 0 aromatic heterocycles. The molecule has 3 aromatic carbocycles. The topological polar surface area (TPSA) is 132 Å². The van der Waals surface area contributed by atoms with Crippen LogP contribution in [0.3, 0.4) is 0 Å². The summed E-state index contributed by atoms with van der Waals surface area (Å²) in [5.74, 6) is -3.26. The van der Waals surface area contributed by atoms with Gasteiger partial charge in [-0.05, 0) is 81.7 Å². The summed E-state index contributed by atoms with van der Waals surface area (Å²) in [6, 6.07) is 15.3. The van der Waals surface area contributed by atoms with Crippen molar-refractivity contribution < 1.29 is 47.7 Å². The van der Waals surface area contributed by atoms with Crippen LogP contribution in [-0.2, 0) is 24.0 Å². The molecule has 0 atom stereocenters. The Bertz CT molecular complexity index is 1840. The van der Waals surface area contributed by atoms with Crippen LogP contribution in [0.5, 0.6) is 28.7 Å². The maximum absolute atomic E-state index is 13.1. The van der Waals surface area contributed by atoms with E-state index in [-0.39, 0.29) is 34.1 Å². The number of hydrogen-bond donors (Lipinski definition) is 0. The molecule has 0 N–H and O–H groups in total. The second-order valence-corrected chi connectivity index (χ2v) is 10.3. The second-order valence-electron chi connectivity index (χ2n) is 10.3. The molecule has 0 fully saturated rings. The minimum Gasteiger partial charge on any atom is -0.423 e. The van der Waals surface area contributed by atoms with E-state index in [1.54, 1.807) is 57.2 Å². The van der Waals surface area contributed by atoms with E-state index in [4.69, 9.17) is 23.7 Å². The molecule has 0 aliphatic carbocycles. The average molecular weight is 651 g/mol. The first-order chi connectivity index (χ1) is 22.8. The smallest absolute Gasteiger partial charge is 0.338 e. The minimum absolute atomic E-state index is 0.0148. The first-order valence-electron chi connectivity index (χ1n) is 14.5. The van der Waals surface area contributed by atoms with E-state index in [0.29, 0.717) is 28.0 Å². The maximum Gasteiger partial charge on any atom is 0.338 e. The van der Waals surface area contributed by atoms with Gasteiger partial charge in [0.2, 0.25) is 0 Å². The van der Waals surface area contributed by atoms with E-state index in [1.807, 2.05) is 0 Å². The molecule has 0 aliphatic rings. The number of ether oxygens (including phenoxy) is 5. The van der Waals surface area contributed by atoms with Gasteiger partial charge in [0.1, 0.15) is 17.2 Å². The van der Waals surface area contributed by atoms with E-state index < -0.39 is 29.8 Å². The normalized spacial score (nSPS) is 11.1. The maximum atomic E-state index is 13.1. The number of hydrogen-bond acceptors (Lipinski definition) is 10. The van der Waals surface area contributed by atoms with Gasteiger partial charge in [-0.1, -0.05) is 49.6 Å². The second kappa shape index (κ2) is 16.9. The van der Waals surface area contributed by atoms with Gasteiger partial charge in [0.05, 0.1) is 0 Å². The van der Waals surface area contributed by atoms with Crippen LogP contribution in [0.1, 0.15) is 40.2 Å². The summed E-state index contributed by atoms with van der Waals surface area (Å²) >= 11 is 0. The highest BCUT2D eigenvalue weighted by molar-refractivity contribution is 5.94. The van der Waals surface area contributed by atoms with Crippen LogP contribution in [0.2, 0.25) is 0 Å². The Balaban J connectivity index is 2.02. The third-order valence-corrected chi connectivity index (χ3v) is 6.21. The molecule has 10 nitrogen and oxygen atoms in total. The number of esters is 5. The molecule has 0 bridgehead atoms. The van der Waals surface area contributed by atoms with Crippen molar-refractivity contribution in [1.82, 2.24) is 0 Å². The summed E-state index contributed by atoms with van der Waals surface area (Å²) < 4.78 is 27.1. The van der Waals surface area contributed by atoms with Gasteiger partial charge in [-0.25, -0.2) is 24.0 Å². The van der Waals surface area contributed by atoms with E-state index in [1.165, 1.54) is 68.5 Å². The molecule has 10 heteroatoms. The molecule has 3 rings (SSSR count). The van der Waals surface area contributed by atoms with Crippen molar-refractivity contribution in [2.45, 2.75) is 34.6 Å². The first-order valence-corrected chi connectivity index (χ1v) is 14.5. The van der Waals surface area contributed by atoms with Crippen molar-refractivity contribution in [3.05, 3.63) is 121 Å². The molecule has 48 heavy (non-hydrogen) atoms. The van der Waals surface area contributed by atoms with Crippen LogP contribution in [0.25, 0.3) is 16.7 Å². The minimum atomic E-state index is -0.823. The Hall–Kier alpha value is -6.29. The van der Waals surface area contributed by atoms with Crippen molar-refractivity contribution in [2.75, 3.05) is 0 Å². The quantitative estimate of drug-likeness (QED) is 0.112. The summed E-state index contributed by atoms with van der Waals surface area (Å²) in [6.45, 7) is 15.1. The standard InChI is InChI=1S/C38H34O10/c1-8-10-34(39)46-31-22-33(48-36(41)20-25(7)26-12-16-28(17-13-26)44-37(42)23(3)4)32(47-35(40)11-9-2)21-30(31)27-14-18-29(19-15-27)45-38(43)24(5)6/h8-22H,3,5H2,1-2,4,6-7H3/b10-8+,11-9+,25-20+. The predicted molar refractivity (Wildman–Crippen MR) is 179 cm³/mol. The van der Waals surface area contributed by atoms with Crippen LogP contribution < -0.4 is 23.7 Å². The van der Waals surface area contributed by atoms with Gasteiger partial charge in [-0.2, -0.15) is 0 Å². The van der Waals surface area contributed by atoms with Crippen LogP contribution in [0, 0.1) is 0 Å². The van der Waals surface area contributed by atoms with Crippen LogP contribution >= 0.6 is 0 Å². The Morgan fingerprint density at radius 2 is 1.00 bits per heavy atom. The van der Waals surface area contributed by atoms with Crippen LogP contribution in [-0.4, -0.2) is 29.8 Å². The molecule has 0 amide bonds. The first kappa shape index (κ1) is 36.2. The van der Waals surface area contributed by atoms with E-state index in [9.17, 15) is 24.0 Å². The van der Waals surface area contributed by atoms with Crippen molar-refractivity contribution in [3.63, 3.8) is 0 Å². The molecule has 0 unspecified atom stereocenters. The summed E-state index contributed by atoms with van der Waals surface area (Å²) in [5.41, 5.74) is 2.40. The van der Waals surface area contributed by atoms with Gasteiger partial charge in [0, 0.05) is 41.0 Å². The number of carbonyl (C=O) groups excluding carboxylic acids is 5. The summed E-state index contributed by atoms with van der Waals surface area (Å²) in [5, 5.41) is 0. The lowest BCUT2D eigenvalue weighted by molar-refractivity contribution is -0.131. The molecule has 0 spiro atoms. The fraction of sp³-hybridized carbons (Fsp3) is 0.132. The molecule has 0 saturated carbocycles. The SMILES string of the molecule is C=C(C)C(=O)Oc1ccc(/C(C)=C/C(=O)Oc2cc(OC(=O)/C=C/C)c(-c3ccc(OC(=O)C(=C)C)cc3)cc2OC(=O)/C=C/C)cc1. The average Bonchev–Trinajstić information content (AvgIpc) is 3.03. The molecule has 3 aromatic rings. The zero-order valence-electron chi connectivity index (χ0n) is 27.2. The number of carbonyl (C=O) groups is 5. The third-order valence-electron chi connectivity index (χ3n) is 6.21. The van der Waals surface area contributed by atoms with E-state index in [0.717, 1.165) is 0 Å². The predicted octanol–water partition coefficient (Wildman–Crippen LogP) is 7.29. The number of rotatable bonds is 12. The van der Waals surface area contributed by atoms with Crippen LogP contribution in [0.4, 0.5) is 0 Å². The van der Waals surface area contributed by atoms with Crippen molar-refractivity contribution >= 4 is 35.4 Å². The zero-order chi connectivity index (χ0) is 35.4. The molecular formula is C38H34O10. The fourth-order valence-corrected chi connectivity index (χ4v) is 3.84. The fourth-order valence-electron chi connectivity index (χ4n) is 3.84. The lowest BCUT2D eigenvalue weighted by Gasteiger charge is -2.16. The molecule has 0 radical (unpaired) electrons. The molecule has 0 saturated heterocycles. The Morgan fingerprint density at radius 3 is 1.48 bits per heavy atom. The molecule has 246 valence electrons. The van der Waals surface area contributed by atoms with Gasteiger partial charge in [0.15, 0.2) is 11.5 Å². The Morgan fingerprint density at radius 1 is 0.562 bits per heavy atom. The lowest BCUT2D eigenvalue weighted by atomic mass is 10.0. The van der Waals surface area contributed by atoms with Gasteiger partial charge in [0.25, 0.3) is 0 Å². The highest BCUT2D eigenvalue weighted by Crippen LogP contribution is 2.41. The molecule has 0 aliphatic heterocycles. The highest BCUT2D eigenvalue weighted by Gasteiger charge is 2.21. The highest BCUT2D eigenvalue weighted by atomic mass is 16.6. The molecule has 0 heterocycles. The zero-order valence-corrected chi connectivity index (χ0v) is 27.2. The third kappa shape index (κ3) is 10.4. The largest absolute Gasteiger partial charge is 0.423 e. The summed E-state index contributed by atoms with van der Waals surface area (Å²) in [7, 11) is 0. The van der Waals surface area contributed by atoms with Gasteiger partial charge >= 0.3 is 29.8 Å². The Kier molecular flexibility index (Phi) is 12.7. The summed E-state index contributed by atoms with van der Waals surface area (Å²) in [4.78, 5) is 61.9. The summed E-state index contributed by atoms with van der Waals surface area (Å²) in [6.07, 6.45) is 6.57. The monoisotopic (exact) mass is 650 g/mol. The molecular weight excluding hydrogens is 616 g/mol. The number of allylic oxidation sites excluding steroid dienone is 3. The Labute approximate surface area is 278 Å². The van der Waals surface area contributed by atoms with Crippen molar-refractivity contribution in [2.24, 2.45) is 0 Å². The van der Waals surface area contributed by atoms with Crippen LogP contribution in [0.15, 0.2) is 115 Å².